The number of carbonyl (C=O) groups is 2. The predicted octanol–water partition coefficient (Wildman–Crippen LogP) is 0.382. The average Bonchev–Trinajstić information content (AvgIpc) is 3.10. The van der Waals surface area contributed by atoms with E-state index in [9.17, 15) is 14.7 Å². The zero-order valence-corrected chi connectivity index (χ0v) is 11.1. The third-order valence-corrected chi connectivity index (χ3v) is 3.67. The Bertz CT molecular complexity index is 556. The van der Waals surface area contributed by atoms with Gasteiger partial charge in [0, 0.05) is 0 Å². The van der Waals surface area contributed by atoms with E-state index in [0.29, 0.717) is 5.56 Å². The molecular weight excluding hydrogens is 259 g/mol. The van der Waals surface area contributed by atoms with Crippen LogP contribution in [-0.4, -0.2) is 36.6 Å². The molecule has 1 fully saturated rings. The molecule has 0 heterocycles. The Hall–Kier alpha value is -1.98. The summed E-state index contributed by atoms with van der Waals surface area (Å²) in [4.78, 5) is 23.2. The lowest BCUT2D eigenvalue weighted by molar-refractivity contribution is -0.153. The molecule has 2 N–H and O–H groups in total. The van der Waals surface area contributed by atoms with Gasteiger partial charge in [0.2, 0.25) is 0 Å². The van der Waals surface area contributed by atoms with Gasteiger partial charge in [-0.1, -0.05) is 17.6 Å². The van der Waals surface area contributed by atoms with Gasteiger partial charge in [-0.15, -0.1) is 0 Å². The fourth-order valence-corrected chi connectivity index (χ4v) is 2.48. The SMILES string of the molecule is [B]c1cc(C[C@]2(C(=O)OCC)CC2C(=O)O)ccc1O. The van der Waals surface area contributed by atoms with Gasteiger partial charge in [0.15, 0.2) is 0 Å². The van der Waals surface area contributed by atoms with Crippen molar-refractivity contribution in [1.82, 2.24) is 0 Å². The molecule has 1 aromatic rings. The van der Waals surface area contributed by atoms with Crippen molar-refractivity contribution in [2.24, 2.45) is 11.3 Å². The van der Waals surface area contributed by atoms with Crippen molar-refractivity contribution in [2.45, 2.75) is 19.8 Å². The zero-order valence-electron chi connectivity index (χ0n) is 11.1. The van der Waals surface area contributed by atoms with Crippen LogP contribution in [0.15, 0.2) is 18.2 Å². The third kappa shape index (κ3) is 2.50. The van der Waals surface area contributed by atoms with Crippen LogP contribution in [0.4, 0.5) is 0 Å². The lowest BCUT2D eigenvalue weighted by atomic mass is 9.88. The van der Waals surface area contributed by atoms with E-state index in [1.54, 1.807) is 19.1 Å². The monoisotopic (exact) mass is 274 g/mol. The highest BCUT2D eigenvalue weighted by molar-refractivity contribution is 6.34. The molecule has 1 saturated carbocycles. The first-order chi connectivity index (χ1) is 9.40. The van der Waals surface area contributed by atoms with E-state index in [1.807, 2.05) is 0 Å². The number of phenols is 1. The van der Waals surface area contributed by atoms with E-state index in [-0.39, 0.29) is 30.7 Å². The number of hydrogen-bond donors (Lipinski definition) is 2. The van der Waals surface area contributed by atoms with E-state index in [0.717, 1.165) is 0 Å². The summed E-state index contributed by atoms with van der Waals surface area (Å²) in [6, 6.07) is 4.61. The molecule has 20 heavy (non-hydrogen) atoms. The summed E-state index contributed by atoms with van der Waals surface area (Å²) in [5.74, 6) is -2.25. The Labute approximate surface area is 118 Å². The molecule has 1 aliphatic rings. The van der Waals surface area contributed by atoms with Crippen molar-refractivity contribution in [1.29, 1.82) is 0 Å². The molecule has 0 aliphatic heterocycles. The predicted molar refractivity (Wildman–Crippen MR) is 72.0 cm³/mol. The summed E-state index contributed by atoms with van der Waals surface area (Å²) in [5, 5.41) is 18.5. The van der Waals surface area contributed by atoms with E-state index in [4.69, 9.17) is 17.7 Å². The van der Waals surface area contributed by atoms with Gasteiger partial charge < -0.3 is 14.9 Å². The van der Waals surface area contributed by atoms with Crippen molar-refractivity contribution in [2.75, 3.05) is 6.61 Å². The molecule has 2 rings (SSSR count). The van der Waals surface area contributed by atoms with Gasteiger partial charge in [-0.2, -0.15) is 0 Å². The first-order valence-electron chi connectivity index (χ1n) is 6.38. The van der Waals surface area contributed by atoms with Crippen molar-refractivity contribution < 1.29 is 24.5 Å². The average molecular weight is 274 g/mol. The fourth-order valence-electron chi connectivity index (χ4n) is 2.48. The van der Waals surface area contributed by atoms with Crippen molar-refractivity contribution in [3.63, 3.8) is 0 Å². The minimum Gasteiger partial charge on any atom is -0.509 e. The van der Waals surface area contributed by atoms with Crippen LogP contribution >= 0.6 is 0 Å². The molecule has 2 atom stereocenters. The maximum absolute atomic E-state index is 12.0. The standard InChI is InChI=1S/C14H15BO5/c1-2-20-13(19)14(7-9(14)12(17)18)6-8-3-4-11(16)10(15)5-8/h3-5,9,16H,2,6-7H2,1H3,(H,17,18)/t9?,14-/m0/s1. The van der Waals surface area contributed by atoms with E-state index in [1.165, 1.54) is 6.07 Å². The first kappa shape index (κ1) is 14.4. The van der Waals surface area contributed by atoms with Gasteiger partial charge in [-0.25, -0.2) is 0 Å². The second-order valence-electron chi connectivity index (χ2n) is 5.04. The summed E-state index contributed by atoms with van der Waals surface area (Å²) >= 11 is 0. The topological polar surface area (TPSA) is 83.8 Å². The van der Waals surface area contributed by atoms with Gasteiger partial charge in [-0.3, -0.25) is 9.59 Å². The van der Waals surface area contributed by atoms with Crippen LogP contribution in [0.25, 0.3) is 0 Å². The number of carboxylic acids is 1. The van der Waals surface area contributed by atoms with Crippen LogP contribution in [0.5, 0.6) is 5.75 Å². The summed E-state index contributed by atoms with van der Waals surface area (Å²) in [5.41, 5.74) is -0.100. The molecular formula is C14H15BO5. The van der Waals surface area contributed by atoms with Crippen molar-refractivity contribution in [3.05, 3.63) is 23.8 Å². The molecule has 1 aliphatic carbocycles. The number of hydrogen-bond acceptors (Lipinski definition) is 4. The van der Waals surface area contributed by atoms with Gasteiger partial charge in [0.05, 0.1) is 17.9 Å². The van der Waals surface area contributed by atoms with Gasteiger partial charge in [0.1, 0.15) is 13.6 Å². The summed E-state index contributed by atoms with van der Waals surface area (Å²) in [7, 11) is 5.61. The van der Waals surface area contributed by atoms with Crippen LogP contribution in [0, 0.1) is 11.3 Å². The molecule has 1 aromatic carbocycles. The highest BCUT2D eigenvalue weighted by Crippen LogP contribution is 2.55. The molecule has 0 saturated heterocycles. The molecule has 1 unspecified atom stereocenters. The van der Waals surface area contributed by atoms with Crippen LogP contribution in [0.3, 0.4) is 0 Å². The Balaban J connectivity index is 2.23. The van der Waals surface area contributed by atoms with Crippen molar-refractivity contribution in [3.8, 4) is 5.75 Å². The van der Waals surface area contributed by atoms with E-state index in [2.05, 4.69) is 0 Å². The molecule has 5 nitrogen and oxygen atoms in total. The molecule has 0 spiro atoms. The number of phenolic OH excluding ortho intramolecular Hbond substituents is 1. The molecule has 0 amide bonds. The second kappa shape index (κ2) is 5.19. The molecule has 104 valence electrons. The molecule has 6 heteroatoms. The van der Waals surface area contributed by atoms with E-state index >= 15 is 0 Å². The summed E-state index contributed by atoms with van der Waals surface area (Å²) < 4.78 is 4.99. The van der Waals surface area contributed by atoms with Gasteiger partial charge in [-0.05, 0) is 31.4 Å². The number of benzene rings is 1. The highest BCUT2D eigenvalue weighted by atomic mass is 16.5. The highest BCUT2D eigenvalue weighted by Gasteiger charge is 2.64. The Morgan fingerprint density at radius 2 is 2.20 bits per heavy atom. The van der Waals surface area contributed by atoms with Crippen LogP contribution in [0.2, 0.25) is 0 Å². The summed E-state index contributed by atoms with van der Waals surface area (Å²) in [6.07, 6.45) is 0.509. The lowest BCUT2D eigenvalue weighted by Gasteiger charge is -2.15. The van der Waals surface area contributed by atoms with Gasteiger partial charge in [0.25, 0.3) is 0 Å². The minimum atomic E-state index is -1.01. The zero-order chi connectivity index (χ0) is 14.9. The largest absolute Gasteiger partial charge is 0.509 e. The van der Waals surface area contributed by atoms with Crippen LogP contribution in [-0.2, 0) is 20.7 Å². The smallest absolute Gasteiger partial charge is 0.313 e. The first-order valence-corrected chi connectivity index (χ1v) is 6.38. The third-order valence-electron chi connectivity index (χ3n) is 3.67. The van der Waals surface area contributed by atoms with E-state index < -0.39 is 23.3 Å². The number of aromatic hydroxyl groups is 1. The lowest BCUT2D eigenvalue weighted by Crippen LogP contribution is -2.26. The van der Waals surface area contributed by atoms with Gasteiger partial charge >= 0.3 is 11.9 Å². The van der Waals surface area contributed by atoms with Crippen LogP contribution in [0.1, 0.15) is 18.9 Å². The number of esters is 1. The number of aliphatic carboxylic acids is 1. The molecule has 0 aromatic heterocycles. The number of ether oxygens (including phenoxy) is 1. The molecule has 0 bridgehead atoms. The quantitative estimate of drug-likeness (QED) is 0.599. The Morgan fingerprint density at radius 1 is 1.50 bits per heavy atom. The summed E-state index contributed by atoms with van der Waals surface area (Å²) in [6.45, 7) is 1.90. The maximum Gasteiger partial charge on any atom is 0.313 e. The Morgan fingerprint density at radius 3 is 2.70 bits per heavy atom. The van der Waals surface area contributed by atoms with Crippen molar-refractivity contribution >= 4 is 25.2 Å². The number of carbonyl (C=O) groups excluding carboxylic acids is 1. The number of carboxylic acid groups (broad SMARTS) is 1. The normalized spacial score (nSPS) is 24.1. The minimum absolute atomic E-state index is 0.0375. The fraction of sp³-hybridized carbons (Fsp3) is 0.429. The molecule has 2 radical (unpaired) electrons. The maximum atomic E-state index is 12.0. The van der Waals surface area contributed by atoms with Crippen LogP contribution < -0.4 is 5.46 Å². The number of rotatable bonds is 5. The Kier molecular flexibility index (Phi) is 3.75. The second-order valence-corrected chi connectivity index (χ2v) is 5.04.